The summed E-state index contributed by atoms with van der Waals surface area (Å²) in [6.07, 6.45) is 0. The van der Waals surface area contributed by atoms with Crippen molar-refractivity contribution in [2.24, 2.45) is 11.5 Å². The third kappa shape index (κ3) is 1230. The van der Waals surface area contributed by atoms with Gasteiger partial charge in [0, 0.05) is 0 Å². The summed E-state index contributed by atoms with van der Waals surface area (Å²) >= 11 is 0. The Kier molecular flexibility index (Phi) is 13.1. The van der Waals surface area contributed by atoms with Gasteiger partial charge in [-0.2, -0.15) is 0 Å². The van der Waals surface area contributed by atoms with Crippen LogP contribution in [0.3, 0.4) is 0 Å². The number of amides is 2. The Bertz CT molecular complexity index is 127. The predicted molar refractivity (Wildman–Crippen MR) is 36.0 cm³/mol. The van der Waals surface area contributed by atoms with Crippen molar-refractivity contribution in [3.8, 4) is 0 Å². The van der Waals surface area contributed by atoms with Crippen LogP contribution in [0.25, 0.3) is 0 Å². The molecule has 0 aliphatic heterocycles. The SMILES string of the molecule is NC(N)=O.O=P(O)(O)O.[Ca+2].[H-].[H-]. The van der Waals surface area contributed by atoms with Crippen molar-refractivity contribution in [1.29, 1.82) is 0 Å². The Morgan fingerprint density at radius 1 is 1.30 bits per heavy atom. The van der Waals surface area contributed by atoms with Gasteiger partial charge < -0.3 is 29.0 Å². The Balaban J connectivity index is -0.0000000221. The molecule has 9 heteroatoms. The smallest absolute Gasteiger partial charge is 1.00 e. The van der Waals surface area contributed by atoms with Crippen molar-refractivity contribution in [1.82, 2.24) is 0 Å². The quantitative estimate of drug-likeness (QED) is 0.225. The van der Waals surface area contributed by atoms with Crippen LogP contribution in [-0.4, -0.2) is 58.4 Å². The van der Waals surface area contributed by atoms with E-state index >= 15 is 0 Å². The van der Waals surface area contributed by atoms with E-state index in [1.807, 2.05) is 0 Å². The van der Waals surface area contributed by atoms with Gasteiger partial charge in [0.25, 0.3) is 0 Å². The molecule has 0 fully saturated rings. The zero-order valence-electron chi connectivity index (χ0n) is 6.97. The molecule has 0 aliphatic rings. The van der Waals surface area contributed by atoms with E-state index < -0.39 is 13.9 Å². The van der Waals surface area contributed by atoms with Crippen LogP contribution in [-0.2, 0) is 4.57 Å². The van der Waals surface area contributed by atoms with Crippen LogP contribution in [0.5, 0.6) is 0 Å². The number of urea groups is 1. The molecule has 0 rings (SSSR count). The van der Waals surface area contributed by atoms with Crippen molar-refractivity contribution in [2.75, 3.05) is 0 Å². The molecule has 0 aromatic rings. The number of rotatable bonds is 0. The van der Waals surface area contributed by atoms with Crippen LogP contribution in [0.15, 0.2) is 0 Å². The fourth-order valence-electron chi connectivity index (χ4n) is 0. The van der Waals surface area contributed by atoms with Crippen molar-refractivity contribution >= 4 is 51.6 Å². The first-order valence-corrected chi connectivity index (χ1v) is 3.13. The zero-order valence-corrected chi connectivity index (χ0v) is 8.07. The summed E-state index contributed by atoms with van der Waals surface area (Å²) in [5.41, 5.74) is 8.50. The van der Waals surface area contributed by atoms with Gasteiger partial charge in [-0.3, -0.25) is 0 Å². The number of carbonyl (C=O) groups is 1. The summed E-state index contributed by atoms with van der Waals surface area (Å²) in [6, 6.07) is -0.833. The summed E-state index contributed by atoms with van der Waals surface area (Å²) < 4.78 is 8.88. The van der Waals surface area contributed by atoms with Gasteiger partial charge in [-0.1, -0.05) is 0 Å². The van der Waals surface area contributed by atoms with Gasteiger partial charge >= 0.3 is 51.6 Å². The second-order valence-corrected chi connectivity index (χ2v) is 1.94. The molecule has 0 saturated heterocycles. The normalized spacial score (nSPS) is 8.30. The van der Waals surface area contributed by atoms with Crippen LogP contribution < -0.4 is 11.5 Å². The van der Waals surface area contributed by atoms with Crippen molar-refractivity contribution in [2.45, 2.75) is 0 Å². The Hall–Kier alpha value is 0.640. The van der Waals surface area contributed by atoms with Gasteiger partial charge in [0.05, 0.1) is 0 Å². The van der Waals surface area contributed by atoms with Crippen LogP contribution in [0.4, 0.5) is 4.79 Å². The maximum atomic E-state index is 9.00. The Morgan fingerprint density at radius 3 is 1.30 bits per heavy atom. The van der Waals surface area contributed by atoms with Gasteiger partial charge in [-0.05, 0) is 0 Å². The van der Waals surface area contributed by atoms with E-state index in [0.29, 0.717) is 0 Å². The second kappa shape index (κ2) is 7.74. The molecule has 7 N–H and O–H groups in total. The standard InChI is InChI=1S/CH4N2O.Ca.H3O4P.2H/c2-1(3)4;;1-5(2,3)4;;/h(H4,2,3,4);;(H3,1,2,3,4);;/q;+2;;2*-1. The second-order valence-electron chi connectivity index (χ2n) is 0.916. The number of hydrogen-bond acceptors (Lipinski definition) is 2. The summed E-state index contributed by atoms with van der Waals surface area (Å²) in [6.45, 7) is 0. The summed E-state index contributed by atoms with van der Waals surface area (Å²) in [5, 5.41) is 0. The molecular formula is CH9CaN2O5P. The summed E-state index contributed by atoms with van der Waals surface area (Å²) in [4.78, 5) is 30.6. The molecule has 7 nitrogen and oxygen atoms in total. The minimum atomic E-state index is -4.64. The van der Waals surface area contributed by atoms with E-state index in [1.54, 1.807) is 0 Å². The number of hydrogen-bond donors (Lipinski definition) is 5. The van der Waals surface area contributed by atoms with Crippen molar-refractivity contribution in [3.63, 3.8) is 0 Å². The summed E-state index contributed by atoms with van der Waals surface area (Å²) in [7, 11) is -4.64. The van der Waals surface area contributed by atoms with Crippen molar-refractivity contribution in [3.05, 3.63) is 0 Å². The third-order valence-electron chi connectivity index (χ3n) is 0. The van der Waals surface area contributed by atoms with E-state index in [0.717, 1.165) is 0 Å². The maximum Gasteiger partial charge on any atom is 2.00 e. The third-order valence-corrected chi connectivity index (χ3v) is 0. The van der Waals surface area contributed by atoms with E-state index in [2.05, 4.69) is 11.5 Å². The number of phosphoric acid groups is 1. The molecule has 0 heterocycles. The van der Waals surface area contributed by atoms with Gasteiger partial charge in [-0.25, -0.2) is 9.36 Å². The molecule has 0 aromatic carbocycles. The molecule has 0 aromatic heterocycles. The van der Waals surface area contributed by atoms with Gasteiger partial charge in [0.15, 0.2) is 0 Å². The van der Waals surface area contributed by atoms with Crippen LogP contribution in [0, 0.1) is 0 Å². The number of carbonyl (C=O) groups excluding carboxylic acids is 1. The van der Waals surface area contributed by atoms with Gasteiger partial charge in [-0.15, -0.1) is 0 Å². The monoisotopic (exact) mass is 200 g/mol. The van der Waals surface area contributed by atoms with Gasteiger partial charge in [0.1, 0.15) is 0 Å². The Morgan fingerprint density at radius 2 is 1.30 bits per heavy atom. The van der Waals surface area contributed by atoms with E-state index in [9.17, 15) is 0 Å². The van der Waals surface area contributed by atoms with Crippen LogP contribution in [0.1, 0.15) is 2.85 Å². The van der Waals surface area contributed by atoms with Crippen molar-refractivity contribution < 1.29 is 26.9 Å². The number of nitrogens with two attached hydrogens (primary N) is 2. The fraction of sp³-hybridized carbons (Fsp3) is 0. The molecule has 0 aliphatic carbocycles. The fourth-order valence-corrected chi connectivity index (χ4v) is 0. The summed E-state index contributed by atoms with van der Waals surface area (Å²) in [5.74, 6) is 0. The minimum Gasteiger partial charge on any atom is -1.00 e. The zero-order chi connectivity index (χ0) is 8.08. The van der Waals surface area contributed by atoms with Crippen LogP contribution >= 0.6 is 7.82 Å². The maximum absolute atomic E-state index is 9.00. The first-order valence-electron chi connectivity index (χ1n) is 1.56. The molecule has 0 spiro atoms. The molecule has 10 heavy (non-hydrogen) atoms. The average molecular weight is 200 g/mol. The topological polar surface area (TPSA) is 147 Å². The minimum absolute atomic E-state index is 0. The molecule has 60 valence electrons. The molecule has 0 saturated carbocycles. The van der Waals surface area contributed by atoms with E-state index in [4.69, 9.17) is 24.0 Å². The molecule has 0 radical (unpaired) electrons. The van der Waals surface area contributed by atoms with E-state index in [-0.39, 0.29) is 40.6 Å². The first-order chi connectivity index (χ1) is 3.73. The average Bonchev–Trinajstić information content (AvgIpc) is 1.19. The largest absolute Gasteiger partial charge is 2.00 e. The molecule has 0 atom stereocenters. The van der Waals surface area contributed by atoms with Gasteiger partial charge in [0.2, 0.25) is 0 Å². The molecule has 0 unspecified atom stereocenters. The van der Waals surface area contributed by atoms with E-state index in [1.165, 1.54) is 0 Å². The Labute approximate surface area is 89.6 Å². The van der Waals surface area contributed by atoms with Crippen LogP contribution in [0.2, 0.25) is 0 Å². The predicted octanol–water partition coefficient (Wildman–Crippen LogP) is -2.06. The molecular weight excluding hydrogens is 191 g/mol. The first kappa shape index (κ1) is 16.9. The number of primary amides is 2. The molecule has 0 bridgehead atoms. The molecule has 2 amide bonds.